The number of rotatable bonds is 5. The topological polar surface area (TPSA) is 230 Å². The average Bonchev–Trinajstić information content (AvgIpc) is 2.85. The van der Waals surface area contributed by atoms with Crippen LogP contribution in [-0.2, 0) is 38.0 Å². The van der Waals surface area contributed by atoms with Crippen LogP contribution in [0.15, 0.2) is 11.0 Å². The van der Waals surface area contributed by atoms with E-state index < -0.39 is 65.8 Å². The van der Waals surface area contributed by atoms with Gasteiger partial charge < -0.3 is 35.0 Å². The van der Waals surface area contributed by atoms with Crippen LogP contribution in [0.1, 0.15) is 18.7 Å². The summed E-state index contributed by atoms with van der Waals surface area (Å²) in [5.41, 5.74) is 5.27. The summed E-state index contributed by atoms with van der Waals surface area (Å²) >= 11 is 0. The standard InChI is InChI=1S/C12H20N3O12P3/c1-2-6-3-15(12(18)14-10(6)13)11-9(17)8(16)7(25-11)4-24-29(21)5-28(19,20)26-30(22,23)27-29/h3,7-9,11,16-17H,2,4-5H2,1H3,(H,19,20)(H,22,23)(H2,13,14,18)/t7-,8?,9+,11-,29?/m1/s1. The fourth-order valence-electron chi connectivity index (χ4n) is 2.93. The highest BCUT2D eigenvalue weighted by Crippen LogP contribution is 2.78. The van der Waals surface area contributed by atoms with E-state index in [0.717, 1.165) is 4.57 Å². The van der Waals surface area contributed by atoms with Crippen molar-refractivity contribution >= 4 is 28.8 Å². The maximum absolute atomic E-state index is 12.5. The molecule has 0 saturated carbocycles. The summed E-state index contributed by atoms with van der Waals surface area (Å²) in [6, 6.07) is 0. The lowest BCUT2D eigenvalue weighted by Crippen LogP contribution is -2.36. The highest BCUT2D eigenvalue weighted by molar-refractivity contribution is 7.81. The first-order chi connectivity index (χ1) is 13.8. The van der Waals surface area contributed by atoms with Crippen molar-refractivity contribution in [2.24, 2.45) is 0 Å². The number of phosphoric acid groups is 1. The highest BCUT2D eigenvalue weighted by atomic mass is 31.3. The number of nitrogen functional groups attached to an aromatic ring is 1. The second-order valence-corrected chi connectivity index (χ2v) is 12.7. The van der Waals surface area contributed by atoms with Gasteiger partial charge in [-0.05, 0) is 6.42 Å². The largest absolute Gasteiger partial charge is 0.486 e. The summed E-state index contributed by atoms with van der Waals surface area (Å²) in [5, 5.41) is 20.5. The molecule has 170 valence electrons. The first-order valence-corrected chi connectivity index (χ1v) is 13.4. The summed E-state index contributed by atoms with van der Waals surface area (Å²) in [6.07, 6.45) is -4.32. The monoisotopic (exact) mass is 491 g/mol. The Morgan fingerprint density at radius 3 is 2.53 bits per heavy atom. The zero-order chi connectivity index (χ0) is 22.5. The van der Waals surface area contributed by atoms with Crippen LogP contribution in [0.25, 0.3) is 0 Å². The molecule has 2 aliphatic heterocycles. The van der Waals surface area contributed by atoms with E-state index in [1.807, 2.05) is 0 Å². The summed E-state index contributed by atoms with van der Waals surface area (Å²) in [7, 11) is -14.5. The number of nitrogens with two attached hydrogens (primary N) is 1. The molecule has 4 unspecified atom stereocenters. The second kappa shape index (κ2) is 8.19. The van der Waals surface area contributed by atoms with Crippen LogP contribution in [-0.4, -0.2) is 60.4 Å². The van der Waals surface area contributed by atoms with Gasteiger partial charge in [0.2, 0.25) is 0 Å². The van der Waals surface area contributed by atoms with Gasteiger partial charge in [0.1, 0.15) is 24.1 Å². The molecule has 2 aliphatic rings. The van der Waals surface area contributed by atoms with Crippen molar-refractivity contribution in [3.8, 4) is 0 Å². The van der Waals surface area contributed by atoms with Crippen molar-refractivity contribution in [3.05, 3.63) is 22.2 Å². The SMILES string of the molecule is CCc1cn([C@@H]2O[C@H](COP3(=O)CP(=O)(O)OP(=O)(O)O3)C(O)[C@@H]2O)c(=O)nc1N. The van der Waals surface area contributed by atoms with Gasteiger partial charge in [-0.15, -0.1) is 0 Å². The predicted octanol–water partition coefficient (Wildman–Crippen LogP) is -0.493. The molecule has 6 N–H and O–H groups in total. The number of aliphatic hydroxyl groups is 2. The molecular formula is C12H20N3O12P3. The fourth-order valence-corrected chi connectivity index (χ4v) is 9.85. The molecule has 1 aromatic rings. The molecule has 18 heteroatoms. The Balaban J connectivity index is 1.77. The molecule has 2 fully saturated rings. The maximum atomic E-state index is 12.5. The van der Waals surface area contributed by atoms with Gasteiger partial charge in [0.25, 0.3) is 0 Å². The van der Waals surface area contributed by atoms with Crippen LogP contribution in [0, 0.1) is 0 Å². The third kappa shape index (κ3) is 4.93. The van der Waals surface area contributed by atoms with E-state index in [4.69, 9.17) is 15.0 Å². The van der Waals surface area contributed by atoms with Crippen molar-refractivity contribution in [1.29, 1.82) is 0 Å². The van der Waals surface area contributed by atoms with Gasteiger partial charge in [-0.1, -0.05) is 6.92 Å². The lowest BCUT2D eigenvalue weighted by atomic mass is 10.1. The smallest absolute Gasteiger partial charge is 0.387 e. The van der Waals surface area contributed by atoms with Crippen LogP contribution in [0.3, 0.4) is 0 Å². The third-order valence-corrected chi connectivity index (χ3v) is 11.3. The zero-order valence-corrected chi connectivity index (χ0v) is 18.1. The van der Waals surface area contributed by atoms with E-state index in [1.165, 1.54) is 6.20 Å². The molecular weight excluding hydrogens is 471 g/mol. The summed E-state index contributed by atoms with van der Waals surface area (Å²) in [5.74, 6) is -1.20. The first-order valence-electron chi connectivity index (χ1n) is 8.46. The van der Waals surface area contributed by atoms with Crippen molar-refractivity contribution in [3.63, 3.8) is 0 Å². The lowest BCUT2D eigenvalue weighted by Gasteiger charge is -2.28. The number of aromatic nitrogens is 2. The maximum Gasteiger partial charge on any atom is 0.486 e. The Bertz CT molecular complexity index is 1000. The Labute approximate surface area is 169 Å². The minimum atomic E-state index is -5.12. The quantitative estimate of drug-likeness (QED) is 0.327. The van der Waals surface area contributed by atoms with Crippen LogP contribution in [0.5, 0.6) is 0 Å². The number of hydrogen-bond donors (Lipinski definition) is 5. The first kappa shape index (κ1) is 23.7. The molecule has 0 spiro atoms. The van der Waals surface area contributed by atoms with E-state index in [-0.39, 0.29) is 5.82 Å². The zero-order valence-electron chi connectivity index (χ0n) is 15.4. The molecule has 2 saturated heterocycles. The molecule has 3 rings (SSSR count). The van der Waals surface area contributed by atoms with Crippen LogP contribution >= 0.6 is 23.0 Å². The predicted molar refractivity (Wildman–Crippen MR) is 98.5 cm³/mol. The van der Waals surface area contributed by atoms with E-state index in [1.54, 1.807) is 6.92 Å². The Morgan fingerprint density at radius 1 is 1.27 bits per heavy atom. The summed E-state index contributed by atoms with van der Waals surface area (Å²) in [4.78, 5) is 34.4. The summed E-state index contributed by atoms with van der Waals surface area (Å²) < 4.78 is 55.1. The van der Waals surface area contributed by atoms with Crippen molar-refractivity contribution < 1.29 is 51.6 Å². The summed E-state index contributed by atoms with van der Waals surface area (Å²) in [6.45, 7) is 0.981. The third-order valence-electron chi connectivity index (χ3n) is 4.30. The van der Waals surface area contributed by atoms with E-state index >= 15 is 0 Å². The van der Waals surface area contributed by atoms with Crippen molar-refractivity contribution in [2.45, 2.75) is 37.9 Å². The van der Waals surface area contributed by atoms with Gasteiger partial charge in [0.15, 0.2) is 12.1 Å². The van der Waals surface area contributed by atoms with Crippen LogP contribution in [0.2, 0.25) is 0 Å². The normalized spacial score (nSPS) is 41.8. The molecule has 1 aromatic heterocycles. The molecule has 0 radical (unpaired) electrons. The number of aliphatic hydroxyl groups excluding tert-OH is 2. The Kier molecular flexibility index (Phi) is 6.47. The van der Waals surface area contributed by atoms with Crippen LogP contribution in [0.4, 0.5) is 5.82 Å². The van der Waals surface area contributed by atoms with E-state index in [9.17, 15) is 38.5 Å². The number of aryl methyl sites for hydroxylation is 1. The highest BCUT2D eigenvalue weighted by Gasteiger charge is 2.53. The van der Waals surface area contributed by atoms with E-state index in [0.29, 0.717) is 12.0 Å². The molecule has 0 bridgehead atoms. The average molecular weight is 491 g/mol. The fraction of sp³-hybridized carbons (Fsp3) is 0.667. The minimum absolute atomic E-state index is 0.00305. The van der Waals surface area contributed by atoms with Crippen LogP contribution < -0.4 is 11.4 Å². The molecule has 0 aromatic carbocycles. The molecule has 0 amide bonds. The van der Waals surface area contributed by atoms with Gasteiger partial charge in [-0.2, -0.15) is 4.98 Å². The Morgan fingerprint density at radius 2 is 1.93 bits per heavy atom. The van der Waals surface area contributed by atoms with E-state index in [2.05, 4.69) is 13.6 Å². The molecule has 15 nitrogen and oxygen atoms in total. The van der Waals surface area contributed by atoms with Gasteiger partial charge in [-0.3, -0.25) is 13.7 Å². The Hall–Kier alpha value is -0.950. The molecule has 0 aliphatic carbocycles. The second-order valence-electron chi connectivity index (χ2n) is 6.56. The van der Waals surface area contributed by atoms with Gasteiger partial charge in [0, 0.05) is 11.8 Å². The molecule has 3 heterocycles. The number of anilines is 1. The molecule has 30 heavy (non-hydrogen) atoms. The molecule has 7 atom stereocenters. The van der Waals surface area contributed by atoms with Gasteiger partial charge >= 0.3 is 28.7 Å². The number of nitrogens with zero attached hydrogens (tertiary/aromatic N) is 2. The number of hydrogen-bond acceptors (Lipinski definition) is 12. The number of ether oxygens (including phenoxy) is 1. The van der Waals surface area contributed by atoms with Crippen molar-refractivity contribution in [2.75, 3.05) is 18.2 Å². The van der Waals surface area contributed by atoms with Gasteiger partial charge in [-0.25, -0.2) is 18.0 Å². The lowest BCUT2D eigenvalue weighted by molar-refractivity contribution is -0.0525. The van der Waals surface area contributed by atoms with Crippen molar-refractivity contribution in [1.82, 2.24) is 9.55 Å². The minimum Gasteiger partial charge on any atom is -0.387 e. The van der Waals surface area contributed by atoms with Gasteiger partial charge in [0.05, 0.1) is 6.61 Å².